The van der Waals surface area contributed by atoms with Gasteiger partial charge in [-0.1, -0.05) is 37.6 Å². The maximum atomic E-state index is 11.9. The number of sulfone groups is 1. The normalized spacial score (nSPS) is 13.3. The third-order valence-electron chi connectivity index (χ3n) is 2.82. The minimum absolute atomic E-state index is 0.119. The lowest BCUT2D eigenvalue weighted by molar-refractivity contribution is -0.119. The highest BCUT2D eigenvalue weighted by Gasteiger charge is 2.20. The van der Waals surface area contributed by atoms with Gasteiger partial charge in [-0.25, -0.2) is 8.42 Å². The molecule has 0 N–H and O–H groups in total. The zero-order valence-electron chi connectivity index (χ0n) is 10.5. The van der Waals surface area contributed by atoms with Crippen LogP contribution in [0, 0.1) is 5.92 Å². The summed E-state index contributed by atoms with van der Waals surface area (Å²) in [6, 6.07) is 6.60. The molecule has 3 nitrogen and oxygen atoms in total. The number of rotatable bonds is 6. The molecule has 1 atom stereocenters. The molecule has 0 aliphatic carbocycles. The second kappa shape index (κ2) is 6.34. The molecule has 100 valence electrons. The van der Waals surface area contributed by atoms with Crippen molar-refractivity contribution in [2.75, 3.05) is 5.75 Å². The van der Waals surface area contributed by atoms with Gasteiger partial charge in [0, 0.05) is 10.9 Å². The molecule has 0 saturated carbocycles. The van der Waals surface area contributed by atoms with E-state index in [-0.39, 0.29) is 23.2 Å². The van der Waals surface area contributed by atoms with Gasteiger partial charge in [-0.05, 0) is 24.1 Å². The summed E-state index contributed by atoms with van der Waals surface area (Å²) < 4.78 is 23.7. The van der Waals surface area contributed by atoms with Gasteiger partial charge >= 0.3 is 0 Å². The fraction of sp³-hybridized carbons (Fsp3) is 0.462. The molecule has 0 aliphatic heterocycles. The summed E-state index contributed by atoms with van der Waals surface area (Å²) in [5, 5.41) is 0.562. The van der Waals surface area contributed by atoms with E-state index in [4.69, 9.17) is 11.6 Å². The molecule has 0 fully saturated rings. The number of hydrogen-bond donors (Lipinski definition) is 0. The molecule has 1 unspecified atom stereocenters. The first-order valence-corrected chi connectivity index (χ1v) is 8.01. The Bertz CT molecular complexity index is 506. The number of halogens is 1. The molecule has 1 aromatic carbocycles. The molecular weight excluding hydrogens is 272 g/mol. The highest BCUT2D eigenvalue weighted by atomic mass is 35.5. The van der Waals surface area contributed by atoms with Crippen LogP contribution < -0.4 is 0 Å². The Hall–Kier alpha value is -0.870. The number of hydrogen-bond acceptors (Lipinski definition) is 3. The Morgan fingerprint density at radius 2 is 1.83 bits per heavy atom. The summed E-state index contributed by atoms with van der Waals surface area (Å²) in [4.78, 5) is 11.6. The van der Waals surface area contributed by atoms with E-state index in [1.807, 2.05) is 6.92 Å². The monoisotopic (exact) mass is 288 g/mol. The van der Waals surface area contributed by atoms with Crippen LogP contribution in [0.25, 0.3) is 0 Å². The third-order valence-corrected chi connectivity index (χ3v) is 4.57. The van der Waals surface area contributed by atoms with E-state index >= 15 is 0 Å². The van der Waals surface area contributed by atoms with Crippen LogP contribution in [0.1, 0.15) is 25.8 Å². The topological polar surface area (TPSA) is 51.2 Å². The molecule has 0 radical (unpaired) electrons. The van der Waals surface area contributed by atoms with E-state index in [0.717, 1.165) is 0 Å². The molecule has 1 rings (SSSR count). The second-order valence-electron chi connectivity index (χ2n) is 4.43. The van der Waals surface area contributed by atoms with Gasteiger partial charge in [-0.15, -0.1) is 0 Å². The molecule has 5 heteroatoms. The number of ketones is 1. The molecule has 0 saturated heterocycles. The lowest BCUT2D eigenvalue weighted by Crippen LogP contribution is -2.22. The van der Waals surface area contributed by atoms with Crippen LogP contribution in [0.4, 0.5) is 0 Å². The maximum Gasteiger partial charge on any atom is 0.161 e. The zero-order valence-corrected chi connectivity index (χ0v) is 12.1. The summed E-state index contributed by atoms with van der Waals surface area (Å²) in [5.74, 6) is -0.923. The van der Waals surface area contributed by atoms with Gasteiger partial charge in [0.25, 0.3) is 0 Å². The van der Waals surface area contributed by atoms with Crippen molar-refractivity contribution in [1.29, 1.82) is 0 Å². The Kier molecular flexibility index (Phi) is 5.35. The van der Waals surface area contributed by atoms with Gasteiger partial charge in [0.05, 0.1) is 5.75 Å². The van der Waals surface area contributed by atoms with Crippen molar-refractivity contribution in [3.05, 3.63) is 34.9 Å². The number of carbonyl (C=O) groups excluding carboxylic acids is 1. The summed E-state index contributed by atoms with van der Waals surface area (Å²) >= 11 is 5.72. The number of benzene rings is 1. The van der Waals surface area contributed by atoms with Crippen molar-refractivity contribution >= 4 is 27.2 Å². The van der Waals surface area contributed by atoms with Crippen molar-refractivity contribution in [3.8, 4) is 0 Å². The van der Waals surface area contributed by atoms with Gasteiger partial charge in [0.1, 0.15) is 5.75 Å². The van der Waals surface area contributed by atoms with E-state index in [1.165, 1.54) is 0 Å². The molecule has 0 aromatic heterocycles. The van der Waals surface area contributed by atoms with Gasteiger partial charge in [0.2, 0.25) is 0 Å². The van der Waals surface area contributed by atoms with Crippen LogP contribution in [-0.2, 0) is 20.4 Å². The van der Waals surface area contributed by atoms with E-state index in [0.29, 0.717) is 17.0 Å². The molecule has 1 aromatic rings. The zero-order chi connectivity index (χ0) is 13.8. The lowest BCUT2D eigenvalue weighted by atomic mass is 10.1. The molecule has 0 spiro atoms. The first kappa shape index (κ1) is 15.2. The van der Waals surface area contributed by atoms with Crippen molar-refractivity contribution in [3.63, 3.8) is 0 Å². The molecular formula is C13H17ClO3S. The van der Waals surface area contributed by atoms with Crippen molar-refractivity contribution < 1.29 is 13.2 Å². The van der Waals surface area contributed by atoms with Crippen LogP contribution in [0.2, 0.25) is 5.02 Å². The van der Waals surface area contributed by atoms with Gasteiger partial charge in [-0.3, -0.25) is 4.79 Å². The molecule has 0 heterocycles. The first-order valence-electron chi connectivity index (χ1n) is 5.81. The maximum absolute atomic E-state index is 11.9. The SMILES string of the molecule is CCC(C)C(=O)CS(=O)(=O)Cc1ccc(Cl)cc1. The van der Waals surface area contributed by atoms with E-state index in [2.05, 4.69) is 0 Å². The lowest BCUT2D eigenvalue weighted by Gasteiger charge is -2.08. The third kappa shape index (κ3) is 4.78. The Morgan fingerprint density at radius 3 is 2.33 bits per heavy atom. The van der Waals surface area contributed by atoms with Crippen LogP contribution >= 0.6 is 11.6 Å². The van der Waals surface area contributed by atoms with Crippen LogP contribution in [0.5, 0.6) is 0 Å². The quantitative estimate of drug-likeness (QED) is 0.809. The Morgan fingerprint density at radius 1 is 1.28 bits per heavy atom. The molecule has 0 aliphatic rings. The van der Waals surface area contributed by atoms with E-state index < -0.39 is 9.84 Å². The van der Waals surface area contributed by atoms with Crippen molar-refractivity contribution in [2.24, 2.45) is 5.92 Å². The molecule has 0 amide bonds. The van der Waals surface area contributed by atoms with Gasteiger partial charge in [0.15, 0.2) is 15.6 Å². The summed E-state index contributed by atoms with van der Waals surface area (Å²) in [6.45, 7) is 3.62. The molecule has 0 bridgehead atoms. The highest BCUT2D eigenvalue weighted by molar-refractivity contribution is 7.91. The number of Topliss-reactive ketones (excluding diaryl/α,β-unsaturated/α-hetero) is 1. The van der Waals surface area contributed by atoms with Crippen LogP contribution in [0.3, 0.4) is 0 Å². The fourth-order valence-electron chi connectivity index (χ4n) is 1.47. The second-order valence-corrected chi connectivity index (χ2v) is 6.94. The predicted molar refractivity (Wildman–Crippen MR) is 73.4 cm³/mol. The standard InChI is InChI=1S/C13H17ClO3S/c1-3-10(2)13(15)9-18(16,17)8-11-4-6-12(14)7-5-11/h4-7,10H,3,8-9H2,1-2H3. The van der Waals surface area contributed by atoms with Gasteiger partial charge < -0.3 is 0 Å². The summed E-state index contributed by atoms with van der Waals surface area (Å²) in [5.41, 5.74) is 0.649. The van der Waals surface area contributed by atoms with Gasteiger partial charge in [-0.2, -0.15) is 0 Å². The first-order chi connectivity index (χ1) is 8.34. The van der Waals surface area contributed by atoms with E-state index in [1.54, 1.807) is 31.2 Å². The Balaban J connectivity index is 2.71. The average molecular weight is 289 g/mol. The highest BCUT2D eigenvalue weighted by Crippen LogP contribution is 2.13. The summed E-state index contributed by atoms with van der Waals surface area (Å²) in [7, 11) is -3.39. The van der Waals surface area contributed by atoms with E-state index in [9.17, 15) is 13.2 Å². The van der Waals surface area contributed by atoms with Crippen LogP contribution in [0.15, 0.2) is 24.3 Å². The fourth-order valence-corrected chi connectivity index (χ4v) is 3.12. The Labute approximate surface area is 113 Å². The number of carbonyl (C=O) groups is 1. The average Bonchev–Trinajstić information content (AvgIpc) is 2.30. The minimum atomic E-state index is -3.39. The van der Waals surface area contributed by atoms with Crippen LogP contribution in [-0.4, -0.2) is 20.0 Å². The summed E-state index contributed by atoms with van der Waals surface area (Å²) in [6.07, 6.45) is 0.662. The smallest absolute Gasteiger partial charge is 0.161 e. The molecule has 18 heavy (non-hydrogen) atoms. The minimum Gasteiger partial charge on any atom is -0.298 e. The van der Waals surface area contributed by atoms with Crippen molar-refractivity contribution in [2.45, 2.75) is 26.0 Å². The largest absolute Gasteiger partial charge is 0.298 e. The predicted octanol–water partition coefficient (Wildman–Crippen LogP) is 2.87. The van der Waals surface area contributed by atoms with Crippen molar-refractivity contribution in [1.82, 2.24) is 0 Å².